The molecule has 27 heavy (non-hydrogen) atoms. The lowest BCUT2D eigenvalue weighted by Crippen LogP contribution is -2.27. The Morgan fingerprint density at radius 2 is 1.59 bits per heavy atom. The number of benzene rings is 2. The molecule has 2 rings (SSSR count). The Balaban J connectivity index is 0.00000114. The highest BCUT2D eigenvalue weighted by Crippen LogP contribution is 2.24. The van der Waals surface area contributed by atoms with Gasteiger partial charge in [0.2, 0.25) is 0 Å². The number of amides is 1. The molecule has 0 saturated heterocycles. The van der Waals surface area contributed by atoms with Gasteiger partial charge >= 0.3 is 0 Å². The van der Waals surface area contributed by atoms with Gasteiger partial charge in [0.15, 0.2) is 0 Å². The van der Waals surface area contributed by atoms with Gasteiger partial charge in [0.1, 0.15) is 18.1 Å². The third kappa shape index (κ3) is 7.73. The molecule has 148 valence electrons. The topological polar surface area (TPSA) is 38.8 Å². The second-order valence-electron chi connectivity index (χ2n) is 6.61. The Kier molecular flexibility index (Phi) is 10.0. The van der Waals surface area contributed by atoms with Gasteiger partial charge in [0.25, 0.3) is 5.91 Å². The van der Waals surface area contributed by atoms with Crippen molar-refractivity contribution in [3.05, 3.63) is 59.2 Å². The van der Waals surface area contributed by atoms with E-state index in [0.717, 1.165) is 18.5 Å². The van der Waals surface area contributed by atoms with E-state index in [1.165, 1.54) is 12.0 Å². The zero-order valence-corrected chi connectivity index (χ0v) is 17.5. The maximum Gasteiger partial charge on any atom is 0.253 e. The molecule has 0 heterocycles. The molecule has 2 aromatic carbocycles. The summed E-state index contributed by atoms with van der Waals surface area (Å²) in [6.45, 7) is 9.52. The Hall–Kier alpha value is -2.49. The Bertz CT molecular complexity index is 695. The fraction of sp³-hybridized carbons (Fsp3) is 0.435. The average molecular weight is 372 g/mol. The molecular weight excluding hydrogens is 338 g/mol. The molecule has 0 aliphatic heterocycles. The molecule has 0 aromatic heterocycles. The largest absolute Gasteiger partial charge is 0.497 e. The summed E-state index contributed by atoms with van der Waals surface area (Å²) in [5, 5.41) is 0. The van der Waals surface area contributed by atoms with E-state index in [2.05, 4.69) is 32.9 Å². The summed E-state index contributed by atoms with van der Waals surface area (Å²) >= 11 is 0. The van der Waals surface area contributed by atoms with Gasteiger partial charge < -0.3 is 14.4 Å². The number of carbonyl (C=O) groups excluding carboxylic acids is 1. The number of carbonyl (C=O) groups is 1. The summed E-state index contributed by atoms with van der Waals surface area (Å²) in [6, 6.07) is 13.5. The fourth-order valence-electron chi connectivity index (χ4n) is 2.40. The van der Waals surface area contributed by atoms with E-state index < -0.39 is 0 Å². The number of rotatable bonds is 7. The molecule has 0 atom stereocenters. The van der Waals surface area contributed by atoms with Crippen LogP contribution in [0.4, 0.5) is 0 Å². The van der Waals surface area contributed by atoms with Crippen LogP contribution in [0.3, 0.4) is 0 Å². The second kappa shape index (κ2) is 12.0. The number of hydrogen-bond donors (Lipinski definition) is 0. The first-order chi connectivity index (χ1) is 12.9. The minimum absolute atomic E-state index is 0.0315. The first-order valence-corrected chi connectivity index (χ1v) is 9.57. The van der Waals surface area contributed by atoms with E-state index in [4.69, 9.17) is 9.47 Å². The van der Waals surface area contributed by atoms with Crippen LogP contribution in [0.2, 0.25) is 0 Å². The number of hydrogen-bond acceptors (Lipinski definition) is 3. The minimum atomic E-state index is -0.0315. The van der Waals surface area contributed by atoms with Gasteiger partial charge in [-0.25, -0.2) is 0 Å². The molecule has 0 bridgehead atoms. The predicted octanol–water partition coefficient (Wildman–Crippen LogP) is 5.48. The first-order valence-electron chi connectivity index (χ1n) is 9.57. The van der Waals surface area contributed by atoms with Crippen LogP contribution in [0.1, 0.15) is 55.1 Å². The third-order valence-electron chi connectivity index (χ3n) is 3.79. The molecule has 0 aliphatic rings. The second-order valence-corrected chi connectivity index (χ2v) is 6.61. The van der Waals surface area contributed by atoms with Gasteiger partial charge in [0, 0.05) is 25.2 Å². The van der Waals surface area contributed by atoms with E-state index >= 15 is 0 Å². The maximum absolute atomic E-state index is 12.5. The van der Waals surface area contributed by atoms with E-state index in [1.807, 2.05) is 19.1 Å². The van der Waals surface area contributed by atoms with Gasteiger partial charge in [-0.3, -0.25) is 4.79 Å². The smallest absolute Gasteiger partial charge is 0.253 e. The van der Waals surface area contributed by atoms with Crippen molar-refractivity contribution in [1.82, 2.24) is 4.90 Å². The highest BCUT2D eigenvalue weighted by Gasteiger charge is 2.14. The van der Waals surface area contributed by atoms with Crippen LogP contribution < -0.4 is 9.47 Å². The monoisotopic (exact) mass is 371 g/mol. The lowest BCUT2D eigenvalue weighted by Gasteiger charge is -2.17. The van der Waals surface area contributed by atoms with E-state index in [1.54, 1.807) is 37.3 Å². The van der Waals surface area contributed by atoms with Gasteiger partial charge in [-0.1, -0.05) is 57.0 Å². The molecule has 0 fully saturated rings. The van der Waals surface area contributed by atoms with Crippen molar-refractivity contribution in [2.45, 2.75) is 47.1 Å². The Morgan fingerprint density at radius 1 is 1.00 bits per heavy atom. The third-order valence-corrected chi connectivity index (χ3v) is 3.79. The van der Waals surface area contributed by atoms with Crippen molar-refractivity contribution < 1.29 is 14.3 Å². The number of aryl methyl sites for hydroxylation is 1. The zero-order valence-electron chi connectivity index (χ0n) is 17.5. The predicted molar refractivity (Wildman–Crippen MR) is 112 cm³/mol. The normalized spacial score (nSPS) is 9.85. The van der Waals surface area contributed by atoms with Gasteiger partial charge in [-0.15, -0.1) is 0 Å². The molecule has 4 heteroatoms. The molecule has 0 N–H and O–H groups in total. The lowest BCUT2D eigenvalue weighted by molar-refractivity contribution is 0.0794. The summed E-state index contributed by atoms with van der Waals surface area (Å²) < 4.78 is 11.2. The molecule has 4 nitrogen and oxygen atoms in total. The quantitative estimate of drug-likeness (QED) is 0.647. The summed E-state index contributed by atoms with van der Waals surface area (Å²) in [6.07, 6.45) is 2.17. The van der Waals surface area contributed by atoms with Gasteiger partial charge in [0.05, 0.1) is 7.11 Å². The maximum atomic E-state index is 12.5. The minimum Gasteiger partial charge on any atom is -0.497 e. The van der Waals surface area contributed by atoms with Crippen molar-refractivity contribution >= 4 is 5.91 Å². The van der Waals surface area contributed by atoms with Crippen LogP contribution >= 0.6 is 0 Å². The number of ether oxygens (including phenoxy) is 2. The highest BCUT2D eigenvalue weighted by atomic mass is 16.5. The van der Waals surface area contributed by atoms with Gasteiger partial charge in [-0.2, -0.15) is 0 Å². The van der Waals surface area contributed by atoms with Crippen molar-refractivity contribution in [3.8, 4) is 11.5 Å². The summed E-state index contributed by atoms with van der Waals surface area (Å²) in [4.78, 5) is 14.2. The van der Waals surface area contributed by atoms with Crippen LogP contribution in [-0.2, 0) is 6.61 Å². The van der Waals surface area contributed by atoms with Crippen LogP contribution in [0.25, 0.3) is 0 Å². The standard InChI is InChI=1S/C20H25NO3.C3H8/c1-5-10-21(3)20(22)17-11-18(23-4)13-19(12-17)24-14-16-8-6-15(2)7-9-16;1-3-2/h6-9,11-13H,5,10,14H2,1-4H3;3H2,1-2H3. The lowest BCUT2D eigenvalue weighted by atomic mass is 10.1. The molecular formula is C23H33NO3. The Labute approximate surface area is 164 Å². The van der Waals surface area contributed by atoms with Crippen molar-refractivity contribution in [2.24, 2.45) is 0 Å². The number of methoxy groups -OCH3 is 1. The fourth-order valence-corrected chi connectivity index (χ4v) is 2.40. The van der Waals surface area contributed by atoms with Crippen LogP contribution in [0.5, 0.6) is 11.5 Å². The van der Waals surface area contributed by atoms with Crippen LogP contribution in [0.15, 0.2) is 42.5 Å². The summed E-state index contributed by atoms with van der Waals surface area (Å²) in [5.41, 5.74) is 2.87. The van der Waals surface area contributed by atoms with Crippen molar-refractivity contribution in [3.63, 3.8) is 0 Å². The van der Waals surface area contributed by atoms with Crippen LogP contribution in [-0.4, -0.2) is 31.5 Å². The first kappa shape index (κ1) is 22.6. The average Bonchev–Trinajstić information content (AvgIpc) is 2.67. The molecule has 2 aromatic rings. The highest BCUT2D eigenvalue weighted by molar-refractivity contribution is 5.95. The molecule has 1 amide bonds. The molecule has 0 saturated carbocycles. The Morgan fingerprint density at radius 3 is 2.15 bits per heavy atom. The van der Waals surface area contributed by atoms with Crippen LogP contribution in [0, 0.1) is 6.92 Å². The molecule has 0 spiro atoms. The van der Waals surface area contributed by atoms with Crippen molar-refractivity contribution in [1.29, 1.82) is 0 Å². The van der Waals surface area contributed by atoms with E-state index in [9.17, 15) is 4.79 Å². The van der Waals surface area contributed by atoms with Gasteiger partial charge in [-0.05, 0) is 31.0 Å². The zero-order chi connectivity index (χ0) is 20.2. The number of nitrogens with zero attached hydrogens (tertiary/aromatic N) is 1. The molecule has 0 unspecified atom stereocenters. The van der Waals surface area contributed by atoms with E-state index in [0.29, 0.717) is 23.7 Å². The summed E-state index contributed by atoms with van der Waals surface area (Å²) in [7, 11) is 3.39. The molecule has 0 aliphatic carbocycles. The van der Waals surface area contributed by atoms with E-state index in [-0.39, 0.29) is 5.91 Å². The summed E-state index contributed by atoms with van der Waals surface area (Å²) in [5.74, 6) is 1.21. The molecule has 0 radical (unpaired) electrons. The van der Waals surface area contributed by atoms with Crippen molar-refractivity contribution in [2.75, 3.05) is 20.7 Å². The SMILES string of the molecule is CCC.CCCN(C)C(=O)c1cc(OC)cc(OCc2ccc(C)cc2)c1.